The minimum atomic E-state index is 0.0413. The Balaban J connectivity index is 1.75. The molecule has 1 saturated heterocycles. The number of halogens is 1. The largest absolute Gasteiger partial charge is 0.378 e. The van der Waals surface area contributed by atoms with E-state index in [1.807, 2.05) is 30.9 Å². The number of hydrogen-bond donors (Lipinski definition) is 1. The molecule has 22 heavy (non-hydrogen) atoms. The molecule has 1 atom stereocenters. The van der Waals surface area contributed by atoms with Gasteiger partial charge in [-0.05, 0) is 50.8 Å². The van der Waals surface area contributed by atoms with Crippen LogP contribution in [0.25, 0.3) is 0 Å². The number of carbonyl (C=O) groups is 1. The van der Waals surface area contributed by atoms with Crippen LogP contribution in [0.5, 0.6) is 0 Å². The fourth-order valence-corrected chi connectivity index (χ4v) is 3.05. The number of nitrogens with zero attached hydrogens (tertiary/aromatic N) is 1. The first-order chi connectivity index (χ1) is 10.6. The molecule has 4 nitrogen and oxygen atoms in total. The number of carbonyl (C=O) groups excluding carboxylic acids is 1. The van der Waals surface area contributed by atoms with Crippen LogP contribution in [-0.2, 0) is 11.2 Å². The van der Waals surface area contributed by atoms with E-state index < -0.39 is 0 Å². The predicted molar refractivity (Wildman–Crippen MR) is 92.1 cm³/mol. The van der Waals surface area contributed by atoms with Crippen molar-refractivity contribution >= 4 is 22.0 Å². The Labute approximate surface area is 141 Å². The van der Waals surface area contributed by atoms with E-state index in [1.54, 1.807) is 0 Å². The molecule has 122 valence electrons. The molecule has 0 radical (unpaired) electrons. The Kier molecular flexibility index (Phi) is 6.70. The van der Waals surface area contributed by atoms with Crippen molar-refractivity contribution < 1.29 is 9.53 Å². The van der Waals surface area contributed by atoms with Crippen LogP contribution >= 0.6 is 15.9 Å². The highest BCUT2D eigenvalue weighted by Crippen LogP contribution is 2.15. The highest BCUT2D eigenvalue weighted by molar-refractivity contribution is 9.10. The SMILES string of the molecule is CCOC1CCN(C(=O)N[C@H](C)Cc2ccc(Br)cc2)CC1. The molecule has 1 aromatic carbocycles. The van der Waals surface area contributed by atoms with Crippen LogP contribution in [0.1, 0.15) is 32.3 Å². The monoisotopic (exact) mass is 368 g/mol. The number of rotatable bonds is 5. The minimum Gasteiger partial charge on any atom is -0.378 e. The summed E-state index contributed by atoms with van der Waals surface area (Å²) in [5.41, 5.74) is 1.23. The van der Waals surface area contributed by atoms with E-state index in [4.69, 9.17) is 4.74 Å². The molecule has 1 heterocycles. The Morgan fingerprint density at radius 2 is 2.00 bits per heavy atom. The second-order valence-corrected chi connectivity index (χ2v) is 6.74. The van der Waals surface area contributed by atoms with Crippen molar-refractivity contribution in [3.8, 4) is 0 Å². The lowest BCUT2D eigenvalue weighted by Gasteiger charge is -2.32. The van der Waals surface area contributed by atoms with Gasteiger partial charge in [-0.25, -0.2) is 4.79 Å². The molecule has 2 amide bonds. The van der Waals surface area contributed by atoms with Gasteiger partial charge in [-0.3, -0.25) is 0 Å². The molecule has 1 aliphatic rings. The lowest BCUT2D eigenvalue weighted by molar-refractivity contribution is 0.0218. The summed E-state index contributed by atoms with van der Waals surface area (Å²) in [6.45, 7) is 6.37. The molecule has 0 spiro atoms. The summed E-state index contributed by atoms with van der Waals surface area (Å²) in [4.78, 5) is 14.2. The first kappa shape index (κ1) is 17.3. The van der Waals surface area contributed by atoms with Crippen molar-refractivity contribution in [3.05, 3.63) is 34.3 Å². The molecule has 5 heteroatoms. The molecule has 0 aromatic heterocycles. The lowest BCUT2D eigenvalue weighted by Crippen LogP contribution is -2.48. The third kappa shape index (κ3) is 5.29. The van der Waals surface area contributed by atoms with E-state index in [2.05, 4.69) is 33.4 Å². The molecule has 1 aromatic rings. The maximum Gasteiger partial charge on any atom is 0.317 e. The van der Waals surface area contributed by atoms with Crippen molar-refractivity contribution in [3.63, 3.8) is 0 Å². The fraction of sp³-hybridized carbons (Fsp3) is 0.588. The molecule has 1 fully saturated rings. The van der Waals surface area contributed by atoms with Gasteiger partial charge in [0.25, 0.3) is 0 Å². The summed E-state index contributed by atoms with van der Waals surface area (Å²) < 4.78 is 6.69. The van der Waals surface area contributed by atoms with Gasteiger partial charge in [0.1, 0.15) is 0 Å². The van der Waals surface area contributed by atoms with Crippen LogP contribution in [0.15, 0.2) is 28.7 Å². The number of likely N-dealkylation sites (tertiary alicyclic amines) is 1. The summed E-state index contributed by atoms with van der Waals surface area (Å²) in [5, 5.41) is 3.09. The first-order valence-electron chi connectivity index (χ1n) is 8.00. The first-order valence-corrected chi connectivity index (χ1v) is 8.79. The zero-order valence-corrected chi connectivity index (χ0v) is 14.9. The van der Waals surface area contributed by atoms with Crippen LogP contribution in [0.2, 0.25) is 0 Å². The van der Waals surface area contributed by atoms with Gasteiger partial charge in [-0.1, -0.05) is 28.1 Å². The standard InChI is InChI=1S/C17H25BrN2O2/c1-3-22-16-8-10-20(11-9-16)17(21)19-13(2)12-14-4-6-15(18)7-5-14/h4-7,13,16H,3,8-12H2,1-2H3,(H,19,21)/t13-/m1/s1. The molecule has 1 N–H and O–H groups in total. The number of nitrogens with one attached hydrogen (secondary N) is 1. The van der Waals surface area contributed by atoms with Crippen molar-refractivity contribution in [2.45, 2.75) is 45.3 Å². The van der Waals surface area contributed by atoms with Gasteiger partial charge >= 0.3 is 6.03 Å². The maximum absolute atomic E-state index is 12.3. The summed E-state index contributed by atoms with van der Waals surface area (Å²) in [6, 6.07) is 8.39. The summed E-state index contributed by atoms with van der Waals surface area (Å²) >= 11 is 3.43. The van der Waals surface area contributed by atoms with Gasteiger partial charge in [0.15, 0.2) is 0 Å². The van der Waals surface area contributed by atoms with Crippen LogP contribution in [-0.4, -0.2) is 42.8 Å². The minimum absolute atomic E-state index is 0.0413. The molecule has 0 bridgehead atoms. The third-order valence-corrected chi connectivity index (χ3v) is 4.49. The van der Waals surface area contributed by atoms with E-state index >= 15 is 0 Å². The zero-order valence-electron chi connectivity index (χ0n) is 13.3. The van der Waals surface area contributed by atoms with E-state index in [0.717, 1.165) is 43.4 Å². The van der Waals surface area contributed by atoms with Crippen molar-refractivity contribution in [2.75, 3.05) is 19.7 Å². The normalized spacial score (nSPS) is 17.3. The second kappa shape index (κ2) is 8.53. The number of amides is 2. The van der Waals surface area contributed by atoms with Crippen molar-refractivity contribution in [1.29, 1.82) is 0 Å². The number of urea groups is 1. The Morgan fingerprint density at radius 1 is 1.36 bits per heavy atom. The highest BCUT2D eigenvalue weighted by Gasteiger charge is 2.23. The van der Waals surface area contributed by atoms with Crippen LogP contribution in [0, 0.1) is 0 Å². The smallest absolute Gasteiger partial charge is 0.317 e. The van der Waals surface area contributed by atoms with Gasteiger partial charge in [-0.15, -0.1) is 0 Å². The predicted octanol–water partition coefficient (Wildman–Crippen LogP) is 3.59. The Bertz CT molecular complexity index is 470. The average molecular weight is 369 g/mol. The summed E-state index contributed by atoms with van der Waals surface area (Å²) in [7, 11) is 0. The van der Waals surface area contributed by atoms with Gasteiger partial charge in [0, 0.05) is 30.2 Å². The molecule has 0 unspecified atom stereocenters. The fourth-order valence-electron chi connectivity index (χ4n) is 2.79. The van der Waals surface area contributed by atoms with Gasteiger partial charge in [0.2, 0.25) is 0 Å². The number of ether oxygens (including phenoxy) is 1. The number of benzene rings is 1. The van der Waals surface area contributed by atoms with E-state index in [1.165, 1.54) is 5.56 Å². The number of hydrogen-bond acceptors (Lipinski definition) is 2. The van der Waals surface area contributed by atoms with Gasteiger partial charge in [0.05, 0.1) is 6.10 Å². The van der Waals surface area contributed by atoms with Crippen molar-refractivity contribution in [1.82, 2.24) is 10.2 Å². The van der Waals surface area contributed by atoms with Gasteiger partial charge < -0.3 is 15.0 Å². The van der Waals surface area contributed by atoms with Crippen LogP contribution in [0.3, 0.4) is 0 Å². The van der Waals surface area contributed by atoms with Crippen LogP contribution in [0.4, 0.5) is 4.79 Å². The molecular formula is C17H25BrN2O2. The average Bonchev–Trinajstić information content (AvgIpc) is 2.50. The number of piperidine rings is 1. The Hall–Kier alpha value is -1.07. The summed E-state index contributed by atoms with van der Waals surface area (Å²) in [5.74, 6) is 0. The van der Waals surface area contributed by atoms with E-state index in [0.29, 0.717) is 6.10 Å². The van der Waals surface area contributed by atoms with E-state index in [9.17, 15) is 4.79 Å². The molecule has 0 aliphatic carbocycles. The maximum atomic E-state index is 12.3. The zero-order chi connectivity index (χ0) is 15.9. The highest BCUT2D eigenvalue weighted by atomic mass is 79.9. The van der Waals surface area contributed by atoms with Crippen LogP contribution < -0.4 is 5.32 Å². The van der Waals surface area contributed by atoms with Crippen molar-refractivity contribution in [2.24, 2.45) is 0 Å². The summed E-state index contributed by atoms with van der Waals surface area (Å²) in [6.07, 6.45) is 3.02. The Morgan fingerprint density at radius 3 is 2.59 bits per heavy atom. The third-order valence-electron chi connectivity index (χ3n) is 3.96. The second-order valence-electron chi connectivity index (χ2n) is 5.82. The quantitative estimate of drug-likeness (QED) is 0.862. The molecule has 2 rings (SSSR count). The topological polar surface area (TPSA) is 41.6 Å². The van der Waals surface area contributed by atoms with E-state index in [-0.39, 0.29) is 12.1 Å². The lowest BCUT2D eigenvalue weighted by atomic mass is 10.1. The van der Waals surface area contributed by atoms with Gasteiger partial charge in [-0.2, -0.15) is 0 Å². The molecular weight excluding hydrogens is 344 g/mol. The molecule has 1 aliphatic heterocycles. The molecule has 0 saturated carbocycles.